The van der Waals surface area contributed by atoms with Gasteiger partial charge in [-0.15, -0.1) is 23.1 Å². The average molecular weight is 496 g/mol. The summed E-state index contributed by atoms with van der Waals surface area (Å²) in [6.07, 6.45) is 5.90. The van der Waals surface area contributed by atoms with Crippen molar-refractivity contribution in [1.82, 2.24) is 9.88 Å². The Morgan fingerprint density at radius 1 is 1.21 bits per heavy atom. The molecule has 0 atom stereocenters. The number of carbonyl (C=O) groups is 3. The number of carboxylic acids is 1. The molecule has 9 heteroatoms. The van der Waals surface area contributed by atoms with Gasteiger partial charge in [-0.1, -0.05) is 25.5 Å². The van der Waals surface area contributed by atoms with Crippen LogP contribution in [0.1, 0.15) is 60.4 Å². The van der Waals surface area contributed by atoms with Gasteiger partial charge in [0.25, 0.3) is 11.8 Å². The summed E-state index contributed by atoms with van der Waals surface area (Å²) in [6.45, 7) is 2.79. The molecule has 1 aliphatic heterocycles. The van der Waals surface area contributed by atoms with Gasteiger partial charge < -0.3 is 15.3 Å². The van der Waals surface area contributed by atoms with Crippen LogP contribution in [0.5, 0.6) is 0 Å². The first kappa shape index (κ1) is 24.0. The number of amides is 2. The van der Waals surface area contributed by atoms with Crippen LogP contribution in [0.2, 0.25) is 0 Å². The maximum absolute atomic E-state index is 13.1. The highest BCUT2D eigenvalue weighted by atomic mass is 32.2. The number of anilines is 1. The number of benzene rings is 1. The van der Waals surface area contributed by atoms with Crippen molar-refractivity contribution < 1.29 is 19.5 Å². The van der Waals surface area contributed by atoms with Crippen LogP contribution < -0.4 is 5.32 Å². The third-order valence-electron chi connectivity index (χ3n) is 5.73. The number of aryl methyl sites for hydroxylation is 1. The van der Waals surface area contributed by atoms with E-state index in [1.807, 2.05) is 18.4 Å². The van der Waals surface area contributed by atoms with E-state index in [-0.39, 0.29) is 17.4 Å². The van der Waals surface area contributed by atoms with E-state index in [0.29, 0.717) is 46.2 Å². The highest BCUT2D eigenvalue weighted by Crippen LogP contribution is 2.38. The van der Waals surface area contributed by atoms with Crippen molar-refractivity contribution in [3.8, 4) is 0 Å². The molecule has 1 aromatic carbocycles. The van der Waals surface area contributed by atoms with E-state index >= 15 is 0 Å². The van der Waals surface area contributed by atoms with Crippen LogP contribution in [0.25, 0.3) is 0 Å². The summed E-state index contributed by atoms with van der Waals surface area (Å²) >= 11 is 2.63. The molecule has 0 spiro atoms. The zero-order chi connectivity index (χ0) is 24.2. The number of hydrogen-bond donors (Lipinski definition) is 2. The molecule has 2 aromatic heterocycles. The number of carboxylic acid groups (broad SMARTS) is 1. The van der Waals surface area contributed by atoms with Crippen molar-refractivity contribution in [1.29, 1.82) is 0 Å². The average Bonchev–Trinajstić information content (AvgIpc) is 3.21. The maximum atomic E-state index is 13.1. The van der Waals surface area contributed by atoms with Gasteiger partial charge in [-0.05, 0) is 54.5 Å². The summed E-state index contributed by atoms with van der Waals surface area (Å²) in [5.74, 6) is -1.56. The minimum atomic E-state index is -1.08. The predicted molar refractivity (Wildman–Crippen MR) is 134 cm³/mol. The van der Waals surface area contributed by atoms with Gasteiger partial charge in [0.2, 0.25) is 0 Å². The Morgan fingerprint density at radius 2 is 1.97 bits per heavy atom. The Labute approximate surface area is 206 Å². The Morgan fingerprint density at radius 3 is 2.65 bits per heavy atom. The molecule has 0 saturated heterocycles. The number of nitrogens with one attached hydrogen (secondary N) is 1. The molecule has 0 unspecified atom stereocenters. The molecule has 7 nitrogen and oxygen atoms in total. The molecular formula is C25H25N3O4S2. The van der Waals surface area contributed by atoms with Crippen molar-refractivity contribution in [3.05, 3.63) is 75.3 Å². The first-order valence-electron chi connectivity index (χ1n) is 11.0. The molecule has 0 radical (unpaired) electrons. The summed E-state index contributed by atoms with van der Waals surface area (Å²) in [5, 5.41) is 13.6. The van der Waals surface area contributed by atoms with Crippen LogP contribution in [-0.2, 0) is 19.4 Å². The van der Waals surface area contributed by atoms with Gasteiger partial charge in [0.15, 0.2) is 0 Å². The van der Waals surface area contributed by atoms with E-state index in [9.17, 15) is 19.5 Å². The summed E-state index contributed by atoms with van der Waals surface area (Å²) in [4.78, 5) is 44.8. The van der Waals surface area contributed by atoms with E-state index in [0.717, 1.165) is 23.3 Å². The van der Waals surface area contributed by atoms with Crippen LogP contribution in [0.4, 0.5) is 5.00 Å². The van der Waals surface area contributed by atoms with E-state index in [4.69, 9.17) is 0 Å². The SMILES string of the molecule is CCCc1ccc(C(=O)Nc2sc3c(c2C(=O)O)CCN(C(=O)c2cccnc2SC)C3)cc1. The molecule has 1 aliphatic rings. The van der Waals surface area contributed by atoms with E-state index in [2.05, 4.69) is 17.2 Å². The summed E-state index contributed by atoms with van der Waals surface area (Å²) < 4.78 is 0. The number of aromatic nitrogens is 1. The van der Waals surface area contributed by atoms with Crippen LogP contribution >= 0.6 is 23.1 Å². The van der Waals surface area contributed by atoms with Crippen LogP contribution in [0.3, 0.4) is 0 Å². The van der Waals surface area contributed by atoms with Gasteiger partial charge >= 0.3 is 5.97 Å². The lowest BCUT2D eigenvalue weighted by atomic mass is 10.0. The Hall–Kier alpha value is -3.17. The first-order chi connectivity index (χ1) is 16.4. The topological polar surface area (TPSA) is 99.6 Å². The number of fused-ring (bicyclic) bond motifs is 1. The third kappa shape index (κ3) is 4.85. The molecule has 0 bridgehead atoms. The molecule has 0 aliphatic carbocycles. The number of carbonyl (C=O) groups excluding carboxylic acids is 2. The van der Waals surface area contributed by atoms with Crippen molar-refractivity contribution >= 4 is 45.9 Å². The lowest BCUT2D eigenvalue weighted by molar-refractivity contribution is 0.0696. The van der Waals surface area contributed by atoms with Gasteiger partial charge in [-0.3, -0.25) is 9.59 Å². The smallest absolute Gasteiger partial charge is 0.339 e. The Kier molecular flexibility index (Phi) is 7.33. The summed E-state index contributed by atoms with van der Waals surface area (Å²) in [7, 11) is 0. The van der Waals surface area contributed by atoms with Crippen molar-refractivity contribution in [2.24, 2.45) is 0 Å². The number of hydrogen-bond acceptors (Lipinski definition) is 6. The van der Waals surface area contributed by atoms with Crippen LogP contribution in [0, 0.1) is 0 Å². The van der Waals surface area contributed by atoms with Gasteiger partial charge in [0.1, 0.15) is 10.0 Å². The molecule has 3 aromatic rings. The zero-order valence-electron chi connectivity index (χ0n) is 19.0. The minimum Gasteiger partial charge on any atom is -0.478 e. The molecule has 3 heterocycles. The molecule has 2 N–H and O–H groups in total. The molecular weight excluding hydrogens is 470 g/mol. The molecule has 2 amide bonds. The highest BCUT2D eigenvalue weighted by molar-refractivity contribution is 7.98. The fraction of sp³-hybridized carbons (Fsp3) is 0.280. The third-order valence-corrected chi connectivity index (χ3v) is 7.58. The normalized spacial score (nSPS) is 12.8. The number of aromatic carboxylic acids is 1. The fourth-order valence-electron chi connectivity index (χ4n) is 4.06. The highest BCUT2D eigenvalue weighted by Gasteiger charge is 2.31. The van der Waals surface area contributed by atoms with Gasteiger partial charge in [-0.25, -0.2) is 9.78 Å². The first-order valence-corrected chi connectivity index (χ1v) is 13.0. The zero-order valence-corrected chi connectivity index (χ0v) is 20.6. The lowest BCUT2D eigenvalue weighted by Crippen LogP contribution is -2.36. The van der Waals surface area contributed by atoms with Crippen LogP contribution in [0.15, 0.2) is 47.6 Å². The van der Waals surface area contributed by atoms with Gasteiger partial charge in [-0.2, -0.15) is 0 Å². The molecule has 4 rings (SSSR count). The largest absolute Gasteiger partial charge is 0.478 e. The van der Waals surface area contributed by atoms with Crippen molar-refractivity contribution in [3.63, 3.8) is 0 Å². The quantitative estimate of drug-likeness (QED) is 0.449. The second-order valence-electron chi connectivity index (χ2n) is 7.95. The van der Waals surface area contributed by atoms with Gasteiger partial charge in [0.05, 0.1) is 17.7 Å². The van der Waals surface area contributed by atoms with E-state index in [1.54, 1.807) is 35.4 Å². The predicted octanol–water partition coefficient (Wildman–Crippen LogP) is 4.97. The summed E-state index contributed by atoms with van der Waals surface area (Å²) in [6, 6.07) is 10.8. The minimum absolute atomic E-state index is 0.120. The second kappa shape index (κ2) is 10.4. The lowest BCUT2D eigenvalue weighted by Gasteiger charge is -2.27. The summed E-state index contributed by atoms with van der Waals surface area (Å²) in [5.41, 5.74) is 2.97. The van der Waals surface area contributed by atoms with E-state index < -0.39 is 5.97 Å². The number of pyridine rings is 1. The number of thiophene rings is 1. The maximum Gasteiger partial charge on any atom is 0.339 e. The molecule has 0 saturated carbocycles. The Bertz CT molecular complexity index is 1240. The Balaban J connectivity index is 1.57. The standard InChI is InChI=1S/C25H25N3O4S2/c1-3-5-15-7-9-16(10-8-15)21(29)27-23-20(25(31)32)17-11-13-28(14-19(17)34-23)24(30)18-6-4-12-26-22(18)33-2/h4,6-10,12H,3,5,11,13-14H2,1-2H3,(H,27,29)(H,31,32). The van der Waals surface area contributed by atoms with Crippen molar-refractivity contribution in [2.45, 2.75) is 37.8 Å². The number of rotatable bonds is 7. The number of nitrogens with zero attached hydrogens (tertiary/aromatic N) is 2. The second-order valence-corrected chi connectivity index (χ2v) is 9.85. The monoisotopic (exact) mass is 495 g/mol. The molecule has 34 heavy (non-hydrogen) atoms. The molecule has 0 fully saturated rings. The van der Waals surface area contributed by atoms with E-state index in [1.165, 1.54) is 23.1 Å². The van der Waals surface area contributed by atoms with Gasteiger partial charge in [0, 0.05) is 23.2 Å². The fourth-order valence-corrected chi connectivity index (χ4v) is 5.86. The number of thioether (sulfide) groups is 1. The van der Waals surface area contributed by atoms with Crippen LogP contribution in [-0.4, -0.2) is 45.6 Å². The van der Waals surface area contributed by atoms with Crippen molar-refractivity contribution in [2.75, 3.05) is 18.1 Å². The molecule has 176 valence electrons.